The Morgan fingerprint density at radius 1 is 1.33 bits per heavy atom. The molecule has 1 fully saturated rings. The molecule has 1 atom stereocenters. The topological polar surface area (TPSA) is 55.0 Å². The quantitative estimate of drug-likeness (QED) is 0.867. The van der Waals surface area contributed by atoms with Gasteiger partial charge in [0, 0.05) is 31.5 Å². The van der Waals surface area contributed by atoms with E-state index < -0.39 is 0 Å². The molecule has 0 radical (unpaired) electrons. The minimum atomic E-state index is 0.417. The number of nitrogens with zero attached hydrogens (tertiary/aromatic N) is 3. The Labute approximate surface area is 110 Å². The van der Waals surface area contributed by atoms with Crippen LogP contribution in [0.3, 0.4) is 0 Å². The van der Waals surface area contributed by atoms with Gasteiger partial charge in [-0.3, -0.25) is 0 Å². The van der Waals surface area contributed by atoms with Gasteiger partial charge in [-0.05, 0) is 37.7 Å². The highest BCUT2D eigenvalue weighted by Gasteiger charge is 2.22. The molecule has 1 aliphatic rings. The molecule has 4 heteroatoms. The van der Waals surface area contributed by atoms with E-state index in [0.717, 1.165) is 25.3 Å². The van der Waals surface area contributed by atoms with E-state index in [9.17, 15) is 0 Å². The standard InChI is InChI=1S/C14H24N4/c1-2-3-6-12-10-16-14(17-11-12)18-8-5-4-7-13(18)9-15/h10-11,13H,2-9,15H2,1H3. The molecule has 2 rings (SSSR count). The van der Waals surface area contributed by atoms with E-state index in [1.165, 1.54) is 31.2 Å². The van der Waals surface area contributed by atoms with Gasteiger partial charge in [0.2, 0.25) is 5.95 Å². The highest BCUT2D eigenvalue weighted by Crippen LogP contribution is 2.20. The molecule has 0 saturated carbocycles. The van der Waals surface area contributed by atoms with Crippen LogP contribution >= 0.6 is 0 Å². The number of piperidine rings is 1. The molecule has 0 amide bonds. The van der Waals surface area contributed by atoms with E-state index in [-0.39, 0.29) is 0 Å². The lowest BCUT2D eigenvalue weighted by Gasteiger charge is -2.34. The van der Waals surface area contributed by atoms with Gasteiger partial charge in [0.05, 0.1) is 0 Å². The van der Waals surface area contributed by atoms with Gasteiger partial charge in [0.1, 0.15) is 0 Å². The third-order valence-corrected chi connectivity index (χ3v) is 3.67. The fourth-order valence-corrected chi connectivity index (χ4v) is 2.52. The number of unbranched alkanes of at least 4 members (excludes halogenated alkanes) is 1. The van der Waals surface area contributed by atoms with E-state index in [1.54, 1.807) is 0 Å². The van der Waals surface area contributed by atoms with Gasteiger partial charge >= 0.3 is 0 Å². The zero-order chi connectivity index (χ0) is 12.8. The van der Waals surface area contributed by atoms with Gasteiger partial charge in [-0.15, -0.1) is 0 Å². The lowest BCUT2D eigenvalue weighted by molar-refractivity contribution is 0.458. The first-order valence-corrected chi connectivity index (χ1v) is 7.12. The minimum Gasteiger partial charge on any atom is -0.337 e. The molecule has 0 aliphatic carbocycles. The summed E-state index contributed by atoms with van der Waals surface area (Å²) >= 11 is 0. The van der Waals surface area contributed by atoms with Crippen molar-refractivity contribution in [2.24, 2.45) is 5.73 Å². The van der Waals surface area contributed by atoms with Crippen LogP contribution in [-0.4, -0.2) is 29.1 Å². The van der Waals surface area contributed by atoms with Gasteiger partial charge in [0.15, 0.2) is 0 Å². The lowest BCUT2D eigenvalue weighted by atomic mass is 10.0. The highest BCUT2D eigenvalue weighted by atomic mass is 15.3. The zero-order valence-corrected chi connectivity index (χ0v) is 11.3. The fraction of sp³-hybridized carbons (Fsp3) is 0.714. The smallest absolute Gasteiger partial charge is 0.225 e. The molecule has 0 aromatic carbocycles. The molecule has 1 aromatic heterocycles. The molecule has 0 bridgehead atoms. The van der Waals surface area contributed by atoms with Crippen molar-refractivity contribution in [2.45, 2.75) is 51.5 Å². The van der Waals surface area contributed by atoms with Crippen LogP contribution in [0, 0.1) is 0 Å². The van der Waals surface area contributed by atoms with E-state index in [4.69, 9.17) is 5.73 Å². The van der Waals surface area contributed by atoms with E-state index in [0.29, 0.717) is 12.6 Å². The predicted molar refractivity (Wildman–Crippen MR) is 74.7 cm³/mol. The average molecular weight is 248 g/mol. The summed E-state index contributed by atoms with van der Waals surface area (Å²) in [6, 6.07) is 0.417. The molecule has 2 N–H and O–H groups in total. The molecule has 18 heavy (non-hydrogen) atoms. The largest absolute Gasteiger partial charge is 0.337 e. The van der Waals surface area contributed by atoms with Crippen LogP contribution in [0.25, 0.3) is 0 Å². The van der Waals surface area contributed by atoms with Crippen LogP contribution < -0.4 is 10.6 Å². The van der Waals surface area contributed by atoms with Crippen molar-refractivity contribution in [3.8, 4) is 0 Å². The van der Waals surface area contributed by atoms with Crippen molar-refractivity contribution in [3.63, 3.8) is 0 Å². The number of nitrogens with two attached hydrogens (primary N) is 1. The third kappa shape index (κ3) is 3.19. The van der Waals surface area contributed by atoms with Crippen molar-refractivity contribution >= 4 is 5.95 Å². The molecule has 1 saturated heterocycles. The normalized spacial score (nSPS) is 20.1. The number of aryl methyl sites for hydroxylation is 1. The second-order valence-corrected chi connectivity index (χ2v) is 5.07. The SMILES string of the molecule is CCCCc1cnc(N2CCCCC2CN)nc1. The van der Waals surface area contributed by atoms with Crippen LogP contribution in [0.1, 0.15) is 44.6 Å². The number of aromatic nitrogens is 2. The lowest BCUT2D eigenvalue weighted by Crippen LogP contribution is -2.45. The third-order valence-electron chi connectivity index (χ3n) is 3.67. The van der Waals surface area contributed by atoms with Gasteiger partial charge in [0.25, 0.3) is 0 Å². The van der Waals surface area contributed by atoms with Gasteiger partial charge in [-0.25, -0.2) is 9.97 Å². The molecular formula is C14H24N4. The first-order valence-electron chi connectivity index (χ1n) is 7.12. The number of rotatable bonds is 5. The van der Waals surface area contributed by atoms with Crippen LogP contribution in [0.2, 0.25) is 0 Å². The molecule has 1 unspecified atom stereocenters. The number of hydrogen-bond acceptors (Lipinski definition) is 4. The molecule has 100 valence electrons. The summed E-state index contributed by atoms with van der Waals surface area (Å²) in [5, 5.41) is 0. The van der Waals surface area contributed by atoms with Crippen LogP contribution in [-0.2, 0) is 6.42 Å². The molecule has 1 aliphatic heterocycles. The van der Waals surface area contributed by atoms with Gasteiger partial charge < -0.3 is 10.6 Å². The van der Waals surface area contributed by atoms with Gasteiger partial charge in [-0.2, -0.15) is 0 Å². The molecule has 4 nitrogen and oxygen atoms in total. The van der Waals surface area contributed by atoms with Crippen molar-refractivity contribution < 1.29 is 0 Å². The molecular weight excluding hydrogens is 224 g/mol. The second kappa shape index (κ2) is 6.69. The Morgan fingerprint density at radius 2 is 2.11 bits per heavy atom. The maximum atomic E-state index is 5.83. The Bertz CT molecular complexity index is 349. The zero-order valence-electron chi connectivity index (χ0n) is 11.3. The number of anilines is 1. The maximum Gasteiger partial charge on any atom is 0.225 e. The van der Waals surface area contributed by atoms with Crippen molar-refractivity contribution in [2.75, 3.05) is 18.0 Å². The van der Waals surface area contributed by atoms with Crippen LogP contribution in [0.5, 0.6) is 0 Å². The van der Waals surface area contributed by atoms with E-state index >= 15 is 0 Å². The Hall–Kier alpha value is -1.16. The summed E-state index contributed by atoms with van der Waals surface area (Å²) in [6.07, 6.45) is 11.1. The summed E-state index contributed by atoms with van der Waals surface area (Å²) in [4.78, 5) is 11.3. The Balaban J connectivity index is 2.03. The Kier molecular flexibility index (Phi) is 4.93. The maximum absolute atomic E-state index is 5.83. The Morgan fingerprint density at radius 3 is 2.78 bits per heavy atom. The van der Waals surface area contributed by atoms with Crippen molar-refractivity contribution in [1.82, 2.24) is 9.97 Å². The fourth-order valence-electron chi connectivity index (χ4n) is 2.52. The first kappa shape index (κ1) is 13.3. The molecule has 2 heterocycles. The van der Waals surface area contributed by atoms with Crippen molar-refractivity contribution in [1.29, 1.82) is 0 Å². The molecule has 1 aromatic rings. The second-order valence-electron chi connectivity index (χ2n) is 5.07. The summed E-state index contributed by atoms with van der Waals surface area (Å²) in [6.45, 7) is 3.94. The van der Waals surface area contributed by atoms with Crippen LogP contribution in [0.15, 0.2) is 12.4 Å². The van der Waals surface area contributed by atoms with Gasteiger partial charge in [-0.1, -0.05) is 13.3 Å². The van der Waals surface area contributed by atoms with Crippen molar-refractivity contribution in [3.05, 3.63) is 18.0 Å². The monoisotopic (exact) mass is 248 g/mol. The summed E-state index contributed by atoms with van der Waals surface area (Å²) in [7, 11) is 0. The van der Waals surface area contributed by atoms with E-state index in [2.05, 4.69) is 21.8 Å². The predicted octanol–water partition coefficient (Wildman–Crippen LogP) is 2.14. The molecule has 0 spiro atoms. The first-order chi connectivity index (χ1) is 8.85. The van der Waals surface area contributed by atoms with Crippen LogP contribution in [0.4, 0.5) is 5.95 Å². The summed E-state index contributed by atoms with van der Waals surface area (Å²) in [5.74, 6) is 0.852. The summed E-state index contributed by atoms with van der Waals surface area (Å²) < 4.78 is 0. The number of hydrogen-bond donors (Lipinski definition) is 1. The minimum absolute atomic E-state index is 0.417. The van der Waals surface area contributed by atoms with E-state index in [1.807, 2.05) is 12.4 Å². The average Bonchev–Trinajstić information content (AvgIpc) is 2.45. The summed E-state index contributed by atoms with van der Waals surface area (Å²) in [5.41, 5.74) is 7.07. The highest BCUT2D eigenvalue weighted by molar-refractivity contribution is 5.32.